The third kappa shape index (κ3) is 3.15. The second kappa shape index (κ2) is 6.07. The Kier molecular flexibility index (Phi) is 4.44. The van der Waals surface area contributed by atoms with Gasteiger partial charge in [0.15, 0.2) is 5.78 Å². The Balaban J connectivity index is 1.88. The molecule has 1 aliphatic rings. The minimum Gasteiger partial charge on any atom is -0.298 e. The summed E-state index contributed by atoms with van der Waals surface area (Å²) in [5.74, 6) is 0.00350. The van der Waals surface area contributed by atoms with Gasteiger partial charge in [-0.25, -0.2) is 9.40 Å². The van der Waals surface area contributed by atoms with Crippen molar-refractivity contribution in [3.63, 3.8) is 0 Å². The van der Waals surface area contributed by atoms with E-state index < -0.39 is 0 Å². The molecule has 3 nitrogen and oxygen atoms in total. The molecule has 0 spiro atoms. The number of carbonyl (C=O) groups excluding carboxylic acids is 1. The molecular formula is C14H19FN2O. The molecule has 4 heteroatoms. The minimum absolute atomic E-state index is 0.0106. The summed E-state index contributed by atoms with van der Waals surface area (Å²) in [7, 11) is 1.85. The molecule has 1 saturated heterocycles. The molecule has 0 amide bonds. The molecule has 0 radical (unpaired) electrons. The highest BCUT2D eigenvalue weighted by Gasteiger charge is 2.29. The Labute approximate surface area is 107 Å². The molecule has 1 N–H and O–H groups in total. The van der Waals surface area contributed by atoms with Crippen molar-refractivity contribution in [3.05, 3.63) is 35.6 Å². The lowest BCUT2D eigenvalue weighted by Crippen LogP contribution is -2.43. The van der Waals surface area contributed by atoms with Gasteiger partial charge < -0.3 is 0 Å². The van der Waals surface area contributed by atoms with Gasteiger partial charge in [0.05, 0.1) is 6.04 Å². The van der Waals surface area contributed by atoms with E-state index in [1.807, 2.05) is 18.1 Å². The quantitative estimate of drug-likeness (QED) is 0.866. The van der Waals surface area contributed by atoms with Gasteiger partial charge in [0, 0.05) is 13.0 Å². The molecule has 0 bridgehead atoms. The number of halogens is 1. The van der Waals surface area contributed by atoms with Crippen LogP contribution >= 0.6 is 0 Å². The summed E-state index contributed by atoms with van der Waals surface area (Å²) >= 11 is 0. The number of Topliss-reactive ketones (excluding diaryl/α,β-unsaturated/α-hetero) is 1. The third-order valence-corrected chi connectivity index (χ3v) is 3.46. The zero-order chi connectivity index (χ0) is 13.0. The Hall–Kier alpha value is -1.26. The maximum Gasteiger partial charge on any atom is 0.151 e. The van der Waals surface area contributed by atoms with Crippen molar-refractivity contribution in [3.8, 4) is 0 Å². The highest BCUT2D eigenvalue weighted by Crippen LogP contribution is 2.17. The number of nitrogens with one attached hydrogen (secondary N) is 1. The Bertz CT molecular complexity index is 422. The SMILES string of the molecule is CNN1CCCC1C(=O)CCc1cccc(F)c1. The fourth-order valence-electron chi connectivity index (χ4n) is 2.50. The summed E-state index contributed by atoms with van der Waals surface area (Å²) in [5, 5.41) is 1.99. The Morgan fingerprint density at radius 3 is 3.11 bits per heavy atom. The highest BCUT2D eigenvalue weighted by molar-refractivity contribution is 5.84. The molecule has 18 heavy (non-hydrogen) atoms. The van der Waals surface area contributed by atoms with Gasteiger partial charge in [-0.2, -0.15) is 0 Å². The molecule has 0 aromatic heterocycles. The molecule has 1 atom stereocenters. The van der Waals surface area contributed by atoms with E-state index in [0.29, 0.717) is 12.8 Å². The van der Waals surface area contributed by atoms with E-state index in [1.54, 1.807) is 6.07 Å². The number of rotatable bonds is 5. The number of carbonyl (C=O) groups is 1. The average molecular weight is 250 g/mol. The van der Waals surface area contributed by atoms with Crippen molar-refractivity contribution in [2.24, 2.45) is 0 Å². The first-order chi connectivity index (χ1) is 8.70. The van der Waals surface area contributed by atoms with Gasteiger partial charge in [0.25, 0.3) is 0 Å². The smallest absolute Gasteiger partial charge is 0.151 e. The normalized spacial score (nSPS) is 20.2. The summed E-state index contributed by atoms with van der Waals surface area (Å²) in [6.45, 7) is 0.923. The molecule has 0 saturated carbocycles. The van der Waals surface area contributed by atoms with Gasteiger partial charge in [-0.1, -0.05) is 12.1 Å². The summed E-state index contributed by atoms with van der Waals surface area (Å²) in [6, 6.07) is 6.46. The number of nitrogens with zero attached hydrogens (tertiary/aromatic N) is 1. The van der Waals surface area contributed by atoms with Crippen molar-refractivity contribution in [2.75, 3.05) is 13.6 Å². The van der Waals surface area contributed by atoms with Crippen molar-refractivity contribution in [1.29, 1.82) is 0 Å². The number of aryl methyl sites for hydroxylation is 1. The standard InChI is InChI=1S/C14H19FN2O/c1-16-17-9-3-6-13(17)14(18)8-7-11-4-2-5-12(15)10-11/h2,4-5,10,13,16H,3,6-9H2,1H3. The highest BCUT2D eigenvalue weighted by atomic mass is 19.1. The van der Waals surface area contributed by atoms with Gasteiger partial charge in [-0.3, -0.25) is 10.2 Å². The summed E-state index contributed by atoms with van der Waals surface area (Å²) in [5.41, 5.74) is 3.94. The Morgan fingerprint density at radius 1 is 1.56 bits per heavy atom. The zero-order valence-electron chi connectivity index (χ0n) is 10.7. The van der Waals surface area contributed by atoms with Gasteiger partial charge in [0.2, 0.25) is 0 Å². The lowest BCUT2D eigenvalue weighted by atomic mass is 10.0. The summed E-state index contributed by atoms with van der Waals surface area (Å²) < 4.78 is 13.0. The maximum atomic E-state index is 13.0. The second-order valence-corrected chi connectivity index (χ2v) is 4.67. The number of hydrazine groups is 1. The summed E-state index contributed by atoms with van der Waals surface area (Å²) in [4.78, 5) is 12.1. The van der Waals surface area contributed by atoms with E-state index in [4.69, 9.17) is 0 Å². The van der Waals surface area contributed by atoms with Gasteiger partial charge >= 0.3 is 0 Å². The molecular weight excluding hydrogens is 231 g/mol. The van der Waals surface area contributed by atoms with Crippen molar-refractivity contribution >= 4 is 5.78 Å². The van der Waals surface area contributed by atoms with E-state index >= 15 is 0 Å². The van der Waals surface area contributed by atoms with Crippen LogP contribution in [0.3, 0.4) is 0 Å². The predicted octanol–water partition coefficient (Wildman–Crippen LogP) is 1.93. The molecule has 1 aliphatic heterocycles. The molecule has 0 aliphatic carbocycles. The van der Waals surface area contributed by atoms with Gasteiger partial charge in [-0.15, -0.1) is 0 Å². The molecule has 98 valence electrons. The first kappa shape index (κ1) is 13.2. The fraction of sp³-hybridized carbons (Fsp3) is 0.500. The van der Waals surface area contributed by atoms with E-state index in [2.05, 4.69) is 5.43 Å². The zero-order valence-corrected chi connectivity index (χ0v) is 10.7. The fourth-order valence-corrected chi connectivity index (χ4v) is 2.50. The molecule has 1 fully saturated rings. The first-order valence-electron chi connectivity index (χ1n) is 6.42. The van der Waals surface area contributed by atoms with Crippen molar-refractivity contribution in [1.82, 2.24) is 10.4 Å². The summed E-state index contributed by atoms with van der Waals surface area (Å²) in [6.07, 6.45) is 3.07. The number of hydrogen-bond donors (Lipinski definition) is 1. The van der Waals surface area contributed by atoms with Gasteiger partial charge in [0.1, 0.15) is 5.82 Å². The van der Waals surface area contributed by atoms with Gasteiger partial charge in [-0.05, 0) is 44.0 Å². The van der Waals surface area contributed by atoms with E-state index in [-0.39, 0.29) is 17.6 Å². The maximum absolute atomic E-state index is 13.0. The van der Waals surface area contributed by atoms with Crippen LogP contribution in [0.15, 0.2) is 24.3 Å². The lowest BCUT2D eigenvalue weighted by Gasteiger charge is -2.21. The minimum atomic E-state index is -0.238. The van der Waals surface area contributed by atoms with E-state index in [1.165, 1.54) is 12.1 Å². The second-order valence-electron chi connectivity index (χ2n) is 4.67. The average Bonchev–Trinajstić information content (AvgIpc) is 2.84. The number of hydrogen-bond acceptors (Lipinski definition) is 3. The predicted molar refractivity (Wildman–Crippen MR) is 68.5 cm³/mol. The van der Waals surface area contributed by atoms with Crippen LogP contribution in [-0.4, -0.2) is 30.4 Å². The van der Waals surface area contributed by atoms with Crippen LogP contribution in [0.2, 0.25) is 0 Å². The topological polar surface area (TPSA) is 32.3 Å². The van der Waals surface area contributed by atoms with Crippen molar-refractivity contribution in [2.45, 2.75) is 31.7 Å². The van der Waals surface area contributed by atoms with E-state index in [9.17, 15) is 9.18 Å². The number of benzene rings is 1. The lowest BCUT2D eigenvalue weighted by molar-refractivity contribution is -0.124. The molecule has 1 heterocycles. The van der Waals surface area contributed by atoms with Crippen LogP contribution in [-0.2, 0) is 11.2 Å². The third-order valence-electron chi connectivity index (χ3n) is 3.46. The largest absolute Gasteiger partial charge is 0.298 e. The molecule has 1 aromatic carbocycles. The van der Waals surface area contributed by atoms with Crippen LogP contribution in [0.1, 0.15) is 24.8 Å². The van der Waals surface area contributed by atoms with Crippen LogP contribution in [0.4, 0.5) is 4.39 Å². The van der Waals surface area contributed by atoms with E-state index in [0.717, 1.165) is 24.9 Å². The molecule has 1 unspecified atom stereocenters. The molecule has 2 rings (SSSR count). The first-order valence-corrected chi connectivity index (χ1v) is 6.42. The molecule has 1 aromatic rings. The monoisotopic (exact) mass is 250 g/mol. The van der Waals surface area contributed by atoms with Crippen LogP contribution in [0, 0.1) is 5.82 Å². The van der Waals surface area contributed by atoms with Crippen molar-refractivity contribution < 1.29 is 9.18 Å². The van der Waals surface area contributed by atoms with Crippen LogP contribution in [0.5, 0.6) is 0 Å². The van der Waals surface area contributed by atoms with Crippen LogP contribution < -0.4 is 5.43 Å². The van der Waals surface area contributed by atoms with Crippen LogP contribution in [0.25, 0.3) is 0 Å². The number of ketones is 1. The Morgan fingerprint density at radius 2 is 2.39 bits per heavy atom.